The molecule has 0 aliphatic heterocycles. The van der Waals surface area contributed by atoms with Crippen LogP contribution in [-0.2, 0) is 17.2 Å². The summed E-state index contributed by atoms with van der Waals surface area (Å²) in [5.74, 6) is 0.408. The van der Waals surface area contributed by atoms with Crippen LogP contribution in [0.3, 0.4) is 0 Å². The molecule has 1 fully saturated rings. The van der Waals surface area contributed by atoms with Crippen molar-refractivity contribution in [2.45, 2.75) is 31.4 Å². The van der Waals surface area contributed by atoms with Crippen LogP contribution < -0.4 is 0 Å². The number of hydrogen-bond acceptors (Lipinski definition) is 3. The number of aromatic nitrogens is 3. The fourth-order valence-corrected chi connectivity index (χ4v) is 1.56. The highest BCUT2D eigenvalue weighted by Crippen LogP contribution is 2.35. The van der Waals surface area contributed by atoms with Crippen molar-refractivity contribution in [1.82, 2.24) is 15.0 Å². The van der Waals surface area contributed by atoms with Gasteiger partial charge in [-0.2, -0.15) is 0 Å². The van der Waals surface area contributed by atoms with Gasteiger partial charge in [0.1, 0.15) is 5.69 Å². The first-order valence-corrected chi connectivity index (χ1v) is 4.88. The average Bonchev–Trinajstić information content (AvgIpc) is 2.90. The molecule has 1 heterocycles. The zero-order chi connectivity index (χ0) is 9.26. The molecule has 1 saturated carbocycles. The molecule has 0 atom stereocenters. The van der Waals surface area contributed by atoms with Gasteiger partial charge in [0, 0.05) is 7.11 Å². The Morgan fingerprint density at radius 3 is 2.92 bits per heavy atom. The van der Waals surface area contributed by atoms with Gasteiger partial charge in [0.25, 0.3) is 0 Å². The minimum absolute atomic E-state index is 0.408. The molecular weight excluding hydrogens is 190 g/mol. The zero-order valence-electron chi connectivity index (χ0n) is 7.53. The van der Waals surface area contributed by atoms with Crippen molar-refractivity contribution in [2.75, 3.05) is 7.11 Å². The van der Waals surface area contributed by atoms with Crippen molar-refractivity contribution >= 4 is 11.6 Å². The van der Waals surface area contributed by atoms with Gasteiger partial charge < -0.3 is 4.74 Å². The molecule has 13 heavy (non-hydrogen) atoms. The fourth-order valence-electron chi connectivity index (χ4n) is 1.35. The van der Waals surface area contributed by atoms with Crippen molar-refractivity contribution in [3.8, 4) is 0 Å². The maximum atomic E-state index is 5.73. The molecule has 72 valence electrons. The standard InChI is InChI=1S/C8H12ClN3O/c1-13-5-8-7(4-9)10-11-12(8)6-2-3-6/h6H,2-5H2,1H3. The highest BCUT2D eigenvalue weighted by atomic mass is 35.5. The van der Waals surface area contributed by atoms with E-state index < -0.39 is 0 Å². The molecule has 2 rings (SSSR count). The molecule has 0 bridgehead atoms. The summed E-state index contributed by atoms with van der Waals surface area (Å²) in [6.45, 7) is 0.547. The largest absolute Gasteiger partial charge is 0.378 e. The number of nitrogens with zero attached hydrogens (tertiary/aromatic N) is 3. The number of alkyl halides is 1. The third-order valence-electron chi connectivity index (χ3n) is 2.17. The smallest absolute Gasteiger partial charge is 0.103 e. The summed E-state index contributed by atoms with van der Waals surface area (Å²) in [7, 11) is 1.67. The van der Waals surface area contributed by atoms with Gasteiger partial charge in [-0.25, -0.2) is 4.68 Å². The van der Waals surface area contributed by atoms with Gasteiger partial charge in [0.15, 0.2) is 0 Å². The lowest BCUT2D eigenvalue weighted by molar-refractivity contribution is 0.176. The van der Waals surface area contributed by atoms with E-state index >= 15 is 0 Å². The molecular formula is C8H12ClN3O. The normalized spacial score (nSPS) is 16.5. The molecule has 0 aromatic carbocycles. The minimum atomic E-state index is 0.408. The molecule has 0 N–H and O–H groups in total. The summed E-state index contributed by atoms with van der Waals surface area (Å²) >= 11 is 5.73. The number of hydrogen-bond donors (Lipinski definition) is 0. The predicted molar refractivity (Wildman–Crippen MR) is 48.6 cm³/mol. The summed E-state index contributed by atoms with van der Waals surface area (Å²) in [4.78, 5) is 0. The Morgan fingerprint density at radius 2 is 2.38 bits per heavy atom. The maximum absolute atomic E-state index is 5.73. The van der Waals surface area contributed by atoms with Gasteiger partial charge in [0.2, 0.25) is 0 Å². The predicted octanol–water partition coefficient (Wildman–Crippen LogP) is 1.50. The molecule has 0 unspecified atom stereocenters. The molecule has 0 radical (unpaired) electrons. The van der Waals surface area contributed by atoms with Crippen molar-refractivity contribution in [1.29, 1.82) is 0 Å². The summed E-state index contributed by atoms with van der Waals surface area (Å²) in [5, 5.41) is 8.09. The van der Waals surface area contributed by atoms with E-state index in [0.29, 0.717) is 18.5 Å². The summed E-state index contributed by atoms with van der Waals surface area (Å²) in [6, 6.07) is 0.537. The minimum Gasteiger partial charge on any atom is -0.378 e. The van der Waals surface area contributed by atoms with Crippen molar-refractivity contribution in [2.24, 2.45) is 0 Å². The number of rotatable bonds is 4. The molecule has 1 aliphatic carbocycles. The van der Waals surface area contributed by atoms with E-state index in [4.69, 9.17) is 16.3 Å². The van der Waals surface area contributed by atoms with Gasteiger partial charge in [-0.1, -0.05) is 5.21 Å². The Bertz CT molecular complexity index is 296. The Kier molecular flexibility index (Phi) is 2.51. The number of ether oxygens (including phenoxy) is 1. The second-order valence-electron chi connectivity index (χ2n) is 3.23. The van der Waals surface area contributed by atoms with E-state index in [1.54, 1.807) is 7.11 Å². The lowest BCUT2D eigenvalue weighted by Crippen LogP contribution is -2.04. The SMILES string of the molecule is COCc1c(CCl)nnn1C1CC1. The lowest BCUT2D eigenvalue weighted by atomic mass is 10.3. The van der Waals surface area contributed by atoms with Crippen LogP contribution in [0.5, 0.6) is 0 Å². The van der Waals surface area contributed by atoms with Crippen LogP contribution in [0.4, 0.5) is 0 Å². The molecule has 4 nitrogen and oxygen atoms in total. The topological polar surface area (TPSA) is 39.9 Å². The van der Waals surface area contributed by atoms with Crippen LogP contribution in [0.2, 0.25) is 0 Å². The third kappa shape index (κ3) is 1.69. The maximum Gasteiger partial charge on any atom is 0.103 e. The summed E-state index contributed by atoms with van der Waals surface area (Å²) in [5.41, 5.74) is 1.87. The van der Waals surface area contributed by atoms with Gasteiger partial charge >= 0.3 is 0 Å². The quantitative estimate of drug-likeness (QED) is 0.694. The Hall–Kier alpha value is -0.610. The van der Waals surface area contributed by atoms with Gasteiger partial charge in [0.05, 0.1) is 24.2 Å². The van der Waals surface area contributed by atoms with Crippen molar-refractivity contribution in [3.63, 3.8) is 0 Å². The Balaban J connectivity index is 2.26. The van der Waals surface area contributed by atoms with Gasteiger partial charge in [-0.3, -0.25) is 0 Å². The Labute approximate surface area is 81.8 Å². The van der Waals surface area contributed by atoms with E-state index in [-0.39, 0.29) is 0 Å². The first-order valence-electron chi connectivity index (χ1n) is 4.34. The monoisotopic (exact) mass is 201 g/mol. The second kappa shape index (κ2) is 3.64. The van der Waals surface area contributed by atoms with Crippen LogP contribution >= 0.6 is 11.6 Å². The number of halogens is 1. The molecule has 0 saturated heterocycles. The zero-order valence-corrected chi connectivity index (χ0v) is 8.29. The van der Waals surface area contributed by atoms with E-state index in [2.05, 4.69) is 10.3 Å². The van der Waals surface area contributed by atoms with Crippen LogP contribution in [0.15, 0.2) is 0 Å². The second-order valence-corrected chi connectivity index (χ2v) is 3.49. The van der Waals surface area contributed by atoms with Crippen LogP contribution in [0, 0.1) is 0 Å². The van der Waals surface area contributed by atoms with Crippen LogP contribution in [0.1, 0.15) is 30.3 Å². The van der Waals surface area contributed by atoms with Crippen LogP contribution in [0.25, 0.3) is 0 Å². The third-order valence-corrected chi connectivity index (χ3v) is 2.42. The van der Waals surface area contributed by atoms with Gasteiger partial charge in [-0.05, 0) is 12.8 Å². The lowest BCUT2D eigenvalue weighted by Gasteiger charge is -2.03. The molecule has 1 aliphatic rings. The molecule has 0 amide bonds. The van der Waals surface area contributed by atoms with Crippen molar-refractivity contribution < 1.29 is 4.74 Å². The molecule has 0 spiro atoms. The van der Waals surface area contributed by atoms with E-state index in [1.165, 1.54) is 12.8 Å². The van der Waals surface area contributed by atoms with Crippen LogP contribution in [-0.4, -0.2) is 22.1 Å². The summed E-state index contributed by atoms with van der Waals surface area (Å²) in [6.07, 6.45) is 2.39. The van der Waals surface area contributed by atoms with Gasteiger partial charge in [-0.15, -0.1) is 16.7 Å². The molecule has 1 aromatic heterocycles. The first kappa shape index (κ1) is 8.97. The van der Waals surface area contributed by atoms with E-state index in [1.807, 2.05) is 4.68 Å². The number of methoxy groups -OCH3 is 1. The molecule has 5 heteroatoms. The average molecular weight is 202 g/mol. The summed E-state index contributed by atoms with van der Waals surface area (Å²) < 4.78 is 7.03. The Morgan fingerprint density at radius 1 is 1.62 bits per heavy atom. The fraction of sp³-hybridized carbons (Fsp3) is 0.750. The highest BCUT2D eigenvalue weighted by molar-refractivity contribution is 6.16. The van der Waals surface area contributed by atoms with E-state index in [9.17, 15) is 0 Å². The first-order chi connectivity index (χ1) is 6.36. The van der Waals surface area contributed by atoms with Crippen molar-refractivity contribution in [3.05, 3.63) is 11.4 Å². The molecule has 1 aromatic rings. The highest BCUT2D eigenvalue weighted by Gasteiger charge is 2.28. The van der Waals surface area contributed by atoms with E-state index in [0.717, 1.165) is 11.4 Å².